The fourth-order valence-electron chi connectivity index (χ4n) is 3.10. The molecular weight excluding hydrogens is 362 g/mol. The second-order valence-electron chi connectivity index (χ2n) is 6.34. The third kappa shape index (κ3) is 2.55. The maximum atomic E-state index is 6.17. The molecule has 5 heterocycles. The Bertz CT molecular complexity index is 1320. The first-order valence-corrected chi connectivity index (χ1v) is 8.73. The minimum atomic E-state index is 0.598. The SMILES string of the molecule is Cc1nn2c(-c3ccnc4nc(-c5cn(C)cn5)ccc34)cnc2cc1Cl. The van der Waals surface area contributed by atoms with E-state index in [1.807, 2.05) is 49.0 Å². The third-order valence-corrected chi connectivity index (χ3v) is 4.84. The van der Waals surface area contributed by atoms with Gasteiger partial charge in [0.15, 0.2) is 11.3 Å². The highest BCUT2D eigenvalue weighted by Crippen LogP contribution is 2.29. The molecule has 0 fully saturated rings. The molecule has 8 heteroatoms. The smallest absolute Gasteiger partial charge is 0.160 e. The quantitative estimate of drug-likeness (QED) is 0.470. The van der Waals surface area contributed by atoms with Crippen LogP contribution in [0.25, 0.3) is 39.3 Å². The van der Waals surface area contributed by atoms with E-state index < -0.39 is 0 Å². The lowest BCUT2D eigenvalue weighted by molar-refractivity contribution is 0.908. The Morgan fingerprint density at radius 1 is 1.04 bits per heavy atom. The van der Waals surface area contributed by atoms with Gasteiger partial charge in [-0.3, -0.25) is 0 Å². The van der Waals surface area contributed by atoms with E-state index >= 15 is 0 Å². The second kappa shape index (κ2) is 5.85. The fraction of sp³-hybridized carbons (Fsp3) is 0.105. The molecule has 0 bridgehead atoms. The summed E-state index contributed by atoms with van der Waals surface area (Å²) in [6.07, 6.45) is 7.22. The van der Waals surface area contributed by atoms with E-state index in [0.29, 0.717) is 16.3 Å². The highest BCUT2D eigenvalue weighted by Gasteiger charge is 2.14. The van der Waals surface area contributed by atoms with Crippen LogP contribution >= 0.6 is 11.6 Å². The zero-order chi connectivity index (χ0) is 18.5. The zero-order valence-electron chi connectivity index (χ0n) is 14.6. The molecule has 0 saturated carbocycles. The molecule has 0 spiro atoms. The highest BCUT2D eigenvalue weighted by molar-refractivity contribution is 6.31. The van der Waals surface area contributed by atoms with Gasteiger partial charge in [0.1, 0.15) is 5.69 Å². The first-order chi connectivity index (χ1) is 13.1. The molecule has 5 aromatic rings. The molecule has 5 rings (SSSR count). The molecule has 0 radical (unpaired) electrons. The Kier molecular flexibility index (Phi) is 3.45. The van der Waals surface area contributed by atoms with E-state index in [1.54, 1.807) is 23.2 Å². The molecule has 0 aliphatic heterocycles. The van der Waals surface area contributed by atoms with E-state index in [2.05, 4.69) is 25.0 Å². The lowest BCUT2D eigenvalue weighted by Crippen LogP contribution is -1.98. The molecule has 7 nitrogen and oxygen atoms in total. The van der Waals surface area contributed by atoms with Gasteiger partial charge in [0.05, 0.1) is 34.6 Å². The molecule has 0 N–H and O–H groups in total. The molecule has 0 saturated heterocycles. The molecule has 0 aromatic carbocycles. The molecule has 0 unspecified atom stereocenters. The summed E-state index contributed by atoms with van der Waals surface area (Å²) in [5, 5.41) is 6.08. The van der Waals surface area contributed by atoms with Gasteiger partial charge in [0.25, 0.3) is 0 Å². The monoisotopic (exact) mass is 375 g/mol. The molecular formula is C19H14ClN7. The number of fused-ring (bicyclic) bond motifs is 2. The largest absolute Gasteiger partial charge is 0.340 e. The minimum absolute atomic E-state index is 0.598. The van der Waals surface area contributed by atoms with Gasteiger partial charge >= 0.3 is 0 Å². The van der Waals surface area contributed by atoms with Crippen LogP contribution < -0.4 is 0 Å². The van der Waals surface area contributed by atoms with Gasteiger partial charge in [-0.05, 0) is 25.1 Å². The Balaban J connectivity index is 1.71. The molecule has 132 valence electrons. The Morgan fingerprint density at radius 3 is 2.74 bits per heavy atom. The van der Waals surface area contributed by atoms with Crippen LogP contribution in [0, 0.1) is 6.92 Å². The van der Waals surface area contributed by atoms with E-state index in [0.717, 1.165) is 33.7 Å². The van der Waals surface area contributed by atoms with E-state index in [9.17, 15) is 0 Å². The average molecular weight is 376 g/mol. The molecule has 0 atom stereocenters. The first kappa shape index (κ1) is 15.9. The van der Waals surface area contributed by atoms with Crippen LogP contribution in [0.5, 0.6) is 0 Å². The summed E-state index contributed by atoms with van der Waals surface area (Å²) in [6, 6.07) is 7.72. The Morgan fingerprint density at radius 2 is 1.93 bits per heavy atom. The minimum Gasteiger partial charge on any atom is -0.340 e. The lowest BCUT2D eigenvalue weighted by atomic mass is 10.1. The number of aromatic nitrogens is 7. The third-order valence-electron chi connectivity index (χ3n) is 4.46. The van der Waals surface area contributed by atoms with Crippen molar-refractivity contribution >= 4 is 28.3 Å². The number of rotatable bonds is 2. The summed E-state index contributed by atoms with van der Waals surface area (Å²) in [5.74, 6) is 0. The summed E-state index contributed by atoms with van der Waals surface area (Å²) in [4.78, 5) is 17.9. The van der Waals surface area contributed by atoms with Crippen molar-refractivity contribution in [2.45, 2.75) is 6.92 Å². The number of nitrogens with zero attached hydrogens (tertiary/aromatic N) is 7. The van der Waals surface area contributed by atoms with E-state index in [4.69, 9.17) is 11.6 Å². The topological polar surface area (TPSA) is 73.8 Å². The van der Waals surface area contributed by atoms with Crippen LogP contribution in [0.4, 0.5) is 0 Å². The Labute approximate surface area is 159 Å². The molecule has 0 amide bonds. The van der Waals surface area contributed by atoms with Crippen molar-refractivity contribution in [1.82, 2.24) is 34.1 Å². The van der Waals surface area contributed by atoms with Crippen molar-refractivity contribution in [2.24, 2.45) is 7.05 Å². The van der Waals surface area contributed by atoms with Crippen molar-refractivity contribution in [3.05, 3.63) is 59.9 Å². The molecule has 0 aliphatic rings. The number of hydrogen-bond donors (Lipinski definition) is 0. The fourth-order valence-corrected chi connectivity index (χ4v) is 3.24. The van der Waals surface area contributed by atoms with Crippen LogP contribution in [-0.2, 0) is 7.05 Å². The maximum Gasteiger partial charge on any atom is 0.160 e. The van der Waals surface area contributed by atoms with Crippen molar-refractivity contribution in [1.29, 1.82) is 0 Å². The second-order valence-corrected chi connectivity index (χ2v) is 6.75. The van der Waals surface area contributed by atoms with Crippen molar-refractivity contribution in [3.8, 4) is 22.6 Å². The summed E-state index contributed by atoms with van der Waals surface area (Å²) in [6.45, 7) is 1.87. The van der Waals surface area contributed by atoms with Gasteiger partial charge in [-0.1, -0.05) is 11.6 Å². The van der Waals surface area contributed by atoms with Crippen LogP contribution in [0.3, 0.4) is 0 Å². The highest BCUT2D eigenvalue weighted by atomic mass is 35.5. The predicted molar refractivity (Wildman–Crippen MR) is 103 cm³/mol. The van der Waals surface area contributed by atoms with Gasteiger partial charge in [-0.2, -0.15) is 5.10 Å². The summed E-state index contributed by atoms with van der Waals surface area (Å²) >= 11 is 6.17. The van der Waals surface area contributed by atoms with Gasteiger partial charge < -0.3 is 4.57 Å². The van der Waals surface area contributed by atoms with Crippen LogP contribution in [0.1, 0.15) is 5.69 Å². The predicted octanol–water partition coefficient (Wildman–Crippen LogP) is 3.70. The Hall–Kier alpha value is -3.32. The van der Waals surface area contributed by atoms with Crippen molar-refractivity contribution in [3.63, 3.8) is 0 Å². The van der Waals surface area contributed by atoms with Gasteiger partial charge in [-0.25, -0.2) is 24.5 Å². The number of imidazole rings is 2. The number of pyridine rings is 2. The number of hydrogen-bond acceptors (Lipinski definition) is 5. The van der Waals surface area contributed by atoms with Crippen molar-refractivity contribution in [2.75, 3.05) is 0 Å². The standard InChI is InChI=1S/C19H14ClN7/c1-11-14(20)7-18-22-8-17(27(18)25-11)12-5-6-21-19-13(12)3-4-15(24-19)16-9-26(2)10-23-16/h3-10H,1-2H3. The summed E-state index contributed by atoms with van der Waals surface area (Å²) in [5.41, 5.74) is 5.52. The lowest BCUT2D eigenvalue weighted by Gasteiger charge is -2.07. The van der Waals surface area contributed by atoms with Gasteiger partial charge in [-0.15, -0.1) is 0 Å². The van der Waals surface area contributed by atoms with Gasteiger partial charge in [0, 0.05) is 36.5 Å². The van der Waals surface area contributed by atoms with Crippen molar-refractivity contribution < 1.29 is 0 Å². The molecule has 5 aromatic heterocycles. The van der Waals surface area contributed by atoms with E-state index in [-0.39, 0.29) is 0 Å². The zero-order valence-corrected chi connectivity index (χ0v) is 15.4. The van der Waals surface area contributed by atoms with Crippen LogP contribution in [0.15, 0.2) is 49.2 Å². The van der Waals surface area contributed by atoms with Crippen LogP contribution in [-0.4, -0.2) is 34.1 Å². The normalized spacial score (nSPS) is 11.5. The molecule has 27 heavy (non-hydrogen) atoms. The number of halogens is 1. The van der Waals surface area contributed by atoms with Crippen LogP contribution in [0.2, 0.25) is 5.02 Å². The van der Waals surface area contributed by atoms with Gasteiger partial charge in [0.2, 0.25) is 0 Å². The molecule has 0 aliphatic carbocycles. The average Bonchev–Trinajstić information content (AvgIpc) is 3.27. The summed E-state index contributed by atoms with van der Waals surface area (Å²) < 4.78 is 3.69. The van der Waals surface area contributed by atoms with E-state index in [1.165, 1.54) is 0 Å². The summed E-state index contributed by atoms with van der Waals surface area (Å²) in [7, 11) is 1.93. The first-order valence-electron chi connectivity index (χ1n) is 8.35. The maximum absolute atomic E-state index is 6.17. The number of aryl methyl sites for hydroxylation is 2.